The van der Waals surface area contributed by atoms with Crippen molar-refractivity contribution in [2.24, 2.45) is 0 Å². The Labute approximate surface area is 141 Å². The number of carbonyl (C=O) groups is 1. The maximum absolute atomic E-state index is 12.4. The monoisotopic (exact) mass is 339 g/mol. The van der Waals surface area contributed by atoms with E-state index in [1.165, 1.54) is 10.7 Å². The van der Waals surface area contributed by atoms with Gasteiger partial charge in [-0.15, -0.1) is 0 Å². The van der Waals surface area contributed by atoms with Gasteiger partial charge < -0.3 is 5.11 Å². The average Bonchev–Trinajstić information content (AvgIpc) is 2.53. The molecule has 0 fully saturated rings. The molecule has 0 saturated carbocycles. The SMILES string of the molecule is Cc1cc(Cl)cc(-n2nc(C(=O)O)c(=O)c3c(C#N)cccc32)c1. The molecule has 0 aliphatic carbocycles. The van der Waals surface area contributed by atoms with Crippen molar-refractivity contribution in [1.82, 2.24) is 9.78 Å². The number of carboxylic acid groups (broad SMARTS) is 1. The van der Waals surface area contributed by atoms with E-state index in [1.807, 2.05) is 13.0 Å². The first kappa shape index (κ1) is 15.7. The van der Waals surface area contributed by atoms with Gasteiger partial charge in [-0.1, -0.05) is 17.7 Å². The number of aromatic nitrogens is 2. The number of aromatic carboxylic acids is 1. The summed E-state index contributed by atoms with van der Waals surface area (Å²) in [7, 11) is 0. The lowest BCUT2D eigenvalue weighted by atomic mass is 10.1. The Hall–Kier alpha value is -3.17. The van der Waals surface area contributed by atoms with Crippen molar-refractivity contribution in [3.8, 4) is 11.8 Å². The lowest BCUT2D eigenvalue weighted by Crippen LogP contribution is -2.23. The molecule has 2 aromatic carbocycles. The second kappa shape index (κ2) is 5.80. The summed E-state index contributed by atoms with van der Waals surface area (Å²) >= 11 is 6.07. The number of hydrogen-bond acceptors (Lipinski definition) is 4. The molecule has 0 bridgehead atoms. The predicted molar refractivity (Wildman–Crippen MR) is 88.8 cm³/mol. The van der Waals surface area contributed by atoms with Crippen molar-refractivity contribution in [3.05, 3.63) is 68.5 Å². The highest BCUT2D eigenvalue weighted by atomic mass is 35.5. The van der Waals surface area contributed by atoms with Gasteiger partial charge in [-0.25, -0.2) is 9.48 Å². The number of benzene rings is 2. The summed E-state index contributed by atoms with van der Waals surface area (Å²) in [5, 5.41) is 23.0. The molecule has 1 aromatic heterocycles. The van der Waals surface area contributed by atoms with Crippen LogP contribution in [-0.4, -0.2) is 20.9 Å². The van der Waals surface area contributed by atoms with Gasteiger partial charge in [-0.2, -0.15) is 10.4 Å². The Morgan fingerprint density at radius 2 is 2.08 bits per heavy atom. The van der Waals surface area contributed by atoms with Crippen molar-refractivity contribution >= 4 is 28.5 Å². The highest BCUT2D eigenvalue weighted by Crippen LogP contribution is 2.22. The van der Waals surface area contributed by atoms with Gasteiger partial charge in [0.05, 0.1) is 28.2 Å². The van der Waals surface area contributed by atoms with Gasteiger partial charge in [0, 0.05) is 5.02 Å². The van der Waals surface area contributed by atoms with Crippen LogP contribution in [0.15, 0.2) is 41.2 Å². The highest BCUT2D eigenvalue weighted by Gasteiger charge is 2.19. The number of halogens is 1. The van der Waals surface area contributed by atoms with Gasteiger partial charge in [0.1, 0.15) is 0 Å². The van der Waals surface area contributed by atoms with Crippen molar-refractivity contribution in [2.45, 2.75) is 6.92 Å². The fraction of sp³-hybridized carbons (Fsp3) is 0.0588. The van der Waals surface area contributed by atoms with Crippen LogP contribution in [0.4, 0.5) is 0 Å². The normalized spacial score (nSPS) is 10.5. The van der Waals surface area contributed by atoms with Gasteiger partial charge in [0.15, 0.2) is 0 Å². The Morgan fingerprint density at radius 3 is 2.71 bits per heavy atom. The van der Waals surface area contributed by atoms with E-state index in [4.69, 9.17) is 11.6 Å². The molecule has 1 N–H and O–H groups in total. The largest absolute Gasteiger partial charge is 0.476 e. The number of hydrogen-bond donors (Lipinski definition) is 1. The third kappa shape index (κ3) is 2.51. The van der Waals surface area contributed by atoms with E-state index in [9.17, 15) is 20.0 Å². The van der Waals surface area contributed by atoms with E-state index in [0.717, 1.165) is 5.56 Å². The second-order valence-electron chi connectivity index (χ2n) is 5.19. The molecule has 3 rings (SSSR count). The summed E-state index contributed by atoms with van der Waals surface area (Å²) in [6.45, 7) is 1.83. The van der Waals surface area contributed by atoms with Crippen molar-refractivity contribution < 1.29 is 9.90 Å². The van der Waals surface area contributed by atoms with Gasteiger partial charge in [0.2, 0.25) is 11.1 Å². The minimum absolute atomic E-state index is 0.0185. The van der Waals surface area contributed by atoms with Crippen LogP contribution in [0.1, 0.15) is 21.6 Å². The number of fused-ring (bicyclic) bond motifs is 1. The summed E-state index contributed by atoms with van der Waals surface area (Å²) in [6.07, 6.45) is 0. The zero-order valence-corrected chi connectivity index (χ0v) is 13.2. The Kier molecular flexibility index (Phi) is 3.80. The Balaban J connectivity index is 2.53. The minimum atomic E-state index is -1.46. The molecule has 0 radical (unpaired) electrons. The molecule has 0 unspecified atom stereocenters. The minimum Gasteiger partial charge on any atom is -0.476 e. The summed E-state index contributed by atoms with van der Waals surface area (Å²) in [5.74, 6) is -1.46. The first-order valence-electron chi connectivity index (χ1n) is 6.89. The molecule has 1 heterocycles. The molecule has 6 nitrogen and oxygen atoms in total. The van der Waals surface area contributed by atoms with Crippen molar-refractivity contribution in [2.75, 3.05) is 0 Å². The van der Waals surface area contributed by atoms with Crippen LogP contribution >= 0.6 is 11.6 Å². The number of nitriles is 1. The topological polar surface area (TPSA) is 96.0 Å². The number of rotatable bonds is 2. The lowest BCUT2D eigenvalue weighted by Gasteiger charge is -2.12. The van der Waals surface area contributed by atoms with E-state index < -0.39 is 17.1 Å². The molecule has 0 spiro atoms. The molecule has 0 saturated heterocycles. The van der Waals surface area contributed by atoms with Gasteiger partial charge in [-0.3, -0.25) is 4.79 Å². The third-order valence-corrected chi connectivity index (χ3v) is 3.73. The molecule has 3 aromatic rings. The van der Waals surface area contributed by atoms with Gasteiger partial charge in [0.25, 0.3) is 0 Å². The molecule has 0 aliphatic heterocycles. The quantitative estimate of drug-likeness (QED) is 0.774. The molecule has 24 heavy (non-hydrogen) atoms. The van der Waals surface area contributed by atoms with Gasteiger partial charge >= 0.3 is 5.97 Å². The molecule has 0 amide bonds. The summed E-state index contributed by atoms with van der Waals surface area (Å²) in [4.78, 5) is 23.8. The van der Waals surface area contributed by atoms with Crippen LogP contribution in [0.5, 0.6) is 0 Å². The molecule has 0 aliphatic rings. The van der Waals surface area contributed by atoms with E-state index in [1.54, 1.807) is 30.3 Å². The molecule has 0 atom stereocenters. The number of carboxylic acids is 1. The van der Waals surface area contributed by atoms with E-state index in [0.29, 0.717) is 16.2 Å². The summed E-state index contributed by atoms with van der Waals surface area (Å²) in [5.41, 5.74) is 0.343. The summed E-state index contributed by atoms with van der Waals surface area (Å²) < 4.78 is 1.32. The van der Waals surface area contributed by atoms with E-state index in [-0.39, 0.29) is 10.9 Å². The number of aryl methyl sites for hydroxylation is 1. The van der Waals surface area contributed by atoms with Crippen LogP contribution in [0.25, 0.3) is 16.6 Å². The predicted octanol–water partition coefficient (Wildman–Crippen LogP) is 2.92. The first-order valence-corrected chi connectivity index (χ1v) is 7.27. The highest BCUT2D eigenvalue weighted by molar-refractivity contribution is 6.30. The van der Waals surface area contributed by atoms with E-state index >= 15 is 0 Å². The van der Waals surface area contributed by atoms with Crippen molar-refractivity contribution in [3.63, 3.8) is 0 Å². The van der Waals surface area contributed by atoms with Crippen LogP contribution in [-0.2, 0) is 0 Å². The standard InChI is InChI=1S/C17H10ClN3O3/c1-9-5-11(18)7-12(6-9)21-13-4-2-3-10(8-19)14(13)16(22)15(20-21)17(23)24/h2-7H,1H3,(H,23,24). The molecular weight excluding hydrogens is 330 g/mol. The van der Waals surface area contributed by atoms with E-state index in [2.05, 4.69) is 5.10 Å². The first-order chi connectivity index (χ1) is 11.4. The molecular formula is C17H10ClN3O3. The summed E-state index contributed by atoms with van der Waals surface area (Å²) in [6, 6.07) is 11.7. The van der Waals surface area contributed by atoms with Crippen LogP contribution in [0.2, 0.25) is 5.02 Å². The van der Waals surface area contributed by atoms with Crippen molar-refractivity contribution in [1.29, 1.82) is 5.26 Å². The van der Waals surface area contributed by atoms with Gasteiger partial charge in [-0.05, 0) is 42.8 Å². The second-order valence-corrected chi connectivity index (χ2v) is 5.63. The maximum Gasteiger partial charge on any atom is 0.360 e. The third-order valence-electron chi connectivity index (χ3n) is 3.51. The fourth-order valence-electron chi connectivity index (χ4n) is 2.54. The Bertz CT molecular complexity index is 1080. The zero-order valence-electron chi connectivity index (χ0n) is 12.4. The lowest BCUT2D eigenvalue weighted by molar-refractivity contribution is 0.0687. The maximum atomic E-state index is 12.4. The van der Waals surface area contributed by atoms with Crippen LogP contribution in [0.3, 0.4) is 0 Å². The molecule has 118 valence electrons. The molecule has 7 heteroatoms. The Morgan fingerprint density at radius 1 is 1.33 bits per heavy atom. The zero-order chi connectivity index (χ0) is 17.4. The smallest absolute Gasteiger partial charge is 0.360 e. The number of nitrogens with zero attached hydrogens (tertiary/aromatic N) is 3. The fourth-order valence-corrected chi connectivity index (χ4v) is 2.83. The average molecular weight is 340 g/mol. The van der Waals surface area contributed by atoms with Crippen LogP contribution in [0, 0.1) is 18.3 Å². The van der Waals surface area contributed by atoms with Crippen LogP contribution < -0.4 is 5.43 Å².